The van der Waals surface area contributed by atoms with Crippen LogP contribution in [-0.4, -0.2) is 16.1 Å². The van der Waals surface area contributed by atoms with Gasteiger partial charge in [0.25, 0.3) is 0 Å². The minimum atomic E-state index is -0.242. The van der Waals surface area contributed by atoms with E-state index in [9.17, 15) is 4.39 Å². The lowest BCUT2D eigenvalue weighted by atomic mass is 10.2. The van der Waals surface area contributed by atoms with Crippen molar-refractivity contribution in [3.8, 4) is 5.69 Å². The number of halogens is 1. The van der Waals surface area contributed by atoms with Gasteiger partial charge in [-0.1, -0.05) is 12.1 Å². The molecule has 0 atom stereocenters. The highest BCUT2D eigenvalue weighted by atomic mass is 19.1. The molecule has 2 aromatic carbocycles. The highest BCUT2D eigenvalue weighted by Gasteiger charge is 2.11. The molecule has 19 heavy (non-hydrogen) atoms. The van der Waals surface area contributed by atoms with Gasteiger partial charge < -0.3 is 5.73 Å². The van der Waals surface area contributed by atoms with Crippen LogP contribution in [0.5, 0.6) is 0 Å². The summed E-state index contributed by atoms with van der Waals surface area (Å²) >= 11 is 0. The zero-order valence-corrected chi connectivity index (χ0v) is 10.4. The summed E-state index contributed by atoms with van der Waals surface area (Å²) in [6, 6.07) is 14.3. The molecule has 4 heteroatoms. The lowest BCUT2D eigenvalue weighted by Gasteiger charge is -2.08. The molecular weight excluding hydrogens is 241 g/mol. The molecule has 0 saturated heterocycles. The lowest BCUT2D eigenvalue weighted by Crippen LogP contribution is -2.09. The molecule has 3 rings (SSSR count). The number of hydrogen-bond acceptors (Lipinski definition) is 2. The molecule has 2 N–H and O–H groups in total. The van der Waals surface area contributed by atoms with Gasteiger partial charge in [-0.05, 0) is 42.9 Å². The lowest BCUT2D eigenvalue weighted by molar-refractivity contribution is 0.627. The molecule has 1 aromatic heterocycles. The van der Waals surface area contributed by atoms with E-state index in [1.807, 2.05) is 28.8 Å². The van der Waals surface area contributed by atoms with E-state index < -0.39 is 0 Å². The van der Waals surface area contributed by atoms with Gasteiger partial charge in [-0.3, -0.25) is 4.57 Å². The second kappa shape index (κ2) is 4.82. The van der Waals surface area contributed by atoms with Crippen LogP contribution < -0.4 is 5.73 Å². The molecule has 0 aliphatic heterocycles. The van der Waals surface area contributed by atoms with E-state index in [1.54, 1.807) is 12.1 Å². The fourth-order valence-electron chi connectivity index (χ4n) is 2.25. The Balaban J connectivity index is 2.24. The van der Waals surface area contributed by atoms with E-state index >= 15 is 0 Å². The Morgan fingerprint density at radius 1 is 1.05 bits per heavy atom. The summed E-state index contributed by atoms with van der Waals surface area (Å²) in [5, 5.41) is 0. The Hall–Kier alpha value is -2.20. The van der Waals surface area contributed by atoms with Gasteiger partial charge in [0.1, 0.15) is 11.6 Å². The van der Waals surface area contributed by atoms with E-state index in [4.69, 9.17) is 5.73 Å². The zero-order chi connectivity index (χ0) is 13.2. The van der Waals surface area contributed by atoms with E-state index in [0.717, 1.165) is 22.5 Å². The van der Waals surface area contributed by atoms with Crippen molar-refractivity contribution in [1.29, 1.82) is 0 Å². The Morgan fingerprint density at radius 2 is 1.79 bits per heavy atom. The first-order chi connectivity index (χ1) is 9.29. The number of fused-ring (bicyclic) bond motifs is 1. The summed E-state index contributed by atoms with van der Waals surface area (Å²) in [6.45, 7) is 0.532. The first kappa shape index (κ1) is 11.9. The van der Waals surface area contributed by atoms with Crippen molar-refractivity contribution in [2.75, 3.05) is 6.54 Å². The number of nitrogens with zero attached hydrogens (tertiary/aromatic N) is 2. The third-order valence-electron chi connectivity index (χ3n) is 3.08. The summed E-state index contributed by atoms with van der Waals surface area (Å²) in [7, 11) is 0. The molecular formula is C15H14FN3. The van der Waals surface area contributed by atoms with Gasteiger partial charge in [0, 0.05) is 12.1 Å². The van der Waals surface area contributed by atoms with Crippen molar-refractivity contribution in [2.45, 2.75) is 6.42 Å². The Bertz CT molecular complexity index is 701. The molecule has 1 heterocycles. The van der Waals surface area contributed by atoms with Crippen molar-refractivity contribution >= 4 is 11.0 Å². The standard InChI is InChI=1S/C15H14FN3/c16-11-5-7-12(8-6-11)19-14-4-2-1-3-13(14)18-15(19)9-10-17/h1-8H,9-10,17H2. The van der Waals surface area contributed by atoms with E-state index in [-0.39, 0.29) is 5.82 Å². The number of nitrogens with two attached hydrogens (primary N) is 1. The van der Waals surface area contributed by atoms with Gasteiger partial charge in [-0.2, -0.15) is 0 Å². The summed E-state index contributed by atoms with van der Waals surface area (Å²) in [5.41, 5.74) is 8.48. The van der Waals surface area contributed by atoms with Crippen molar-refractivity contribution in [1.82, 2.24) is 9.55 Å². The van der Waals surface area contributed by atoms with Gasteiger partial charge in [-0.25, -0.2) is 9.37 Å². The van der Waals surface area contributed by atoms with Gasteiger partial charge in [-0.15, -0.1) is 0 Å². The third-order valence-corrected chi connectivity index (χ3v) is 3.08. The van der Waals surface area contributed by atoms with E-state index in [1.165, 1.54) is 12.1 Å². The minimum Gasteiger partial charge on any atom is -0.330 e. The predicted molar refractivity (Wildman–Crippen MR) is 73.8 cm³/mol. The van der Waals surface area contributed by atoms with Gasteiger partial charge in [0.15, 0.2) is 0 Å². The van der Waals surface area contributed by atoms with Crippen LogP contribution in [0, 0.1) is 5.82 Å². The fraction of sp³-hybridized carbons (Fsp3) is 0.133. The molecule has 96 valence electrons. The van der Waals surface area contributed by atoms with Crippen molar-refractivity contribution in [3.63, 3.8) is 0 Å². The van der Waals surface area contributed by atoms with Crippen LogP contribution in [-0.2, 0) is 6.42 Å². The van der Waals surface area contributed by atoms with Crippen LogP contribution in [0.1, 0.15) is 5.82 Å². The third kappa shape index (κ3) is 2.11. The normalized spacial score (nSPS) is 11.1. The van der Waals surface area contributed by atoms with E-state index in [2.05, 4.69) is 4.98 Å². The van der Waals surface area contributed by atoms with Crippen molar-refractivity contribution < 1.29 is 4.39 Å². The summed E-state index contributed by atoms with van der Waals surface area (Å²) in [5.74, 6) is 0.656. The molecule has 0 radical (unpaired) electrons. The number of rotatable bonds is 3. The highest BCUT2D eigenvalue weighted by molar-refractivity contribution is 5.78. The quantitative estimate of drug-likeness (QED) is 0.782. The monoisotopic (exact) mass is 255 g/mol. The fourth-order valence-corrected chi connectivity index (χ4v) is 2.25. The smallest absolute Gasteiger partial charge is 0.123 e. The Kier molecular flexibility index (Phi) is 3.01. The van der Waals surface area contributed by atoms with Crippen molar-refractivity contribution in [3.05, 3.63) is 60.2 Å². The minimum absolute atomic E-state index is 0.242. The molecule has 0 fully saturated rings. The summed E-state index contributed by atoms with van der Waals surface area (Å²) in [6.07, 6.45) is 0.687. The zero-order valence-electron chi connectivity index (χ0n) is 10.4. The van der Waals surface area contributed by atoms with Gasteiger partial charge >= 0.3 is 0 Å². The molecule has 0 unspecified atom stereocenters. The second-order valence-corrected chi connectivity index (χ2v) is 4.37. The second-order valence-electron chi connectivity index (χ2n) is 4.37. The maximum absolute atomic E-state index is 13.0. The molecule has 0 amide bonds. The van der Waals surface area contributed by atoms with Crippen LogP contribution in [0.2, 0.25) is 0 Å². The van der Waals surface area contributed by atoms with Gasteiger partial charge in [0.2, 0.25) is 0 Å². The van der Waals surface area contributed by atoms with Gasteiger partial charge in [0.05, 0.1) is 11.0 Å². The number of imidazole rings is 1. The molecule has 0 aliphatic carbocycles. The Morgan fingerprint density at radius 3 is 2.53 bits per heavy atom. The van der Waals surface area contributed by atoms with Crippen LogP contribution in [0.4, 0.5) is 4.39 Å². The maximum Gasteiger partial charge on any atom is 0.123 e. The molecule has 3 aromatic rings. The van der Waals surface area contributed by atoms with Crippen LogP contribution in [0.3, 0.4) is 0 Å². The SMILES string of the molecule is NCCc1nc2ccccc2n1-c1ccc(F)cc1. The maximum atomic E-state index is 13.0. The van der Waals surface area contributed by atoms with E-state index in [0.29, 0.717) is 13.0 Å². The molecule has 0 spiro atoms. The topological polar surface area (TPSA) is 43.8 Å². The largest absolute Gasteiger partial charge is 0.330 e. The van der Waals surface area contributed by atoms with Crippen LogP contribution in [0.25, 0.3) is 16.7 Å². The number of benzene rings is 2. The Labute approximate surface area is 110 Å². The summed E-state index contributed by atoms with van der Waals surface area (Å²) in [4.78, 5) is 4.59. The van der Waals surface area contributed by atoms with Crippen molar-refractivity contribution in [2.24, 2.45) is 5.73 Å². The highest BCUT2D eigenvalue weighted by Crippen LogP contribution is 2.21. The van der Waals surface area contributed by atoms with Crippen LogP contribution in [0.15, 0.2) is 48.5 Å². The average molecular weight is 255 g/mol. The summed E-state index contributed by atoms with van der Waals surface area (Å²) < 4.78 is 15.1. The molecule has 0 bridgehead atoms. The van der Waals surface area contributed by atoms with Crippen LogP contribution >= 0.6 is 0 Å². The molecule has 3 nitrogen and oxygen atoms in total. The molecule has 0 saturated carbocycles. The first-order valence-electron chi connectivity index (χ1n) is 6.22. The average Bonchev–Trinajstić information content (AvgIpc) is 2.78. The first-order valence-corrected chi connectivity index (χ1v) is 6.22. The number of hydrogen-bond donors (Lipinski definition) is 1. The molecule has 0 aliphatic rings. The predicted octanol–water partition coefficient (Wildman–Crippen LogP) is 2.67. The number of aromatic nitrogens is 2. The number of para-hydroxylation sites is 2.